The van der Waals surface area contributed by atoms with Crippen LogP contribution in [0.2, 0.25) is 0 Å². The smallest absolute Gasteiger partial charge is 0.253 e. The number of aromatic nitrogens is 1. The van der Waals surface area contributed by atoms with E-state index in [0.29, 0.717) is 18.8 Å². The van der Waals surface area contributed by atoms with Crippen molar-refractivity contribution in [1.29, 1.82) is 0 Å². The molecule has 1 aliphatic heterocycles. The van der Waals surface area contributed by atoms with Crippen molar-refractivity contribution < 1.29 is 9.53 Å². The fourth-order valence-corrected chi connectivity index (χ4v) is 1.49. The Morgan fingerprint density at radius 3 is 2.93 bits per heavy atom. The average Bonchev–Trinajstić information content (AvgIpc) is 2.11. The maximum atomic E-state index is 11.6. The molecule has 1 saturated heterocycles. The Balaban J connectivity index is 2.02. The van der Waals surface area contributed by atoms with Crippen LogP contribution in [0.15, 0.2) is 22.9 Å². The van der Waals surface area contributed by atoms with E-state index in [0.717, 1.165) is 4.47 Å². The standard InChI is InChI=1S/C9H9BrN2O2/c10-7-1-6(2-11-3-7)9(13)12-8-4-14-5-8/h1-3,8H,4-5H2,(H,12,13). The maximum Gasteiger partial charge on any atom is 0.253 e. The summed E-state index contributed by atoms with van der Waals surface area (Å²) in [5.74, 6) is -0.105. The molecule has 74 valence electrons. The lowest BCUT2D eigenvalue weighted by Crippen LogP contribution is -2.48. The molecule has 1 aromatic rings. The van der Waals surface area contributed by atoms with Gasteiger partial charge in [0.25, 0.3) is 5.91 Å². The zero-order chi connectivity index (χ0) is 9.97. The fourth-order valence-electron chi connectivity index (χ4n) is 1.12. The summed E-state index contributed by atoms with van der Waals surface area (Å²) in [6.45, 7) is 1.21. The molecule has 1 aromatic heterocycles. The van der Waals surface area contributed by atoms with Crippen LogP contribution in [0, 0.1) is 0 Å². The van der Waals surface area contributed by atoms with E-state index in [1.807, 2.05) is 0 Å². The number of nitrogens with one attached hydrogen (secondary N) is 1. The van der Waals surface area contributed by atoms with Crippen LogP contribution in [-0.4, -0.2) is 30.1 Å². The molecular weight excluding hydrogens is 248 g/mol. The Labute approximate surface area is 89.8 Å². The van der Waals surface area contributed by atoms with Crippen molar-refractivity contribution in [3.8, 4) is 0 Å². The second-order valence-corrected chi connectivity index (χ2v) is 4.02. The van der Waals surface area contributed by atoms with Gasteiger partial charge in [-0.2, -0.15) is 0 Å². The molecule has 1 N–H and O–H groups in total. The van der Waals surface area contributed by atoms with Crippen molar-refractivity contribution in [2.45, 2.75) is 6.04 Å². The van der Waals surface area contributed by atoms with Crippen LogP contribution in [0.25, 0.3) is 0 Å². The number of hydrogen-bond acceptors (Lipinski definition) is 3. The summed E-state index contributed by atoms with van der Waals surface area (Å²) in [4.78, 5) is 15.5. The normalized spacial score (nSPS) is 16.1. The Morgan fingerprint density at radius 1 is 1.57 bits per heavy atom. The molecule has 2 rings (SSSR count). The predicted octanol–water partition coefficient (Wildman–Crippen LogP) is 0.973. The third kappa shape index (κ3) is 2.10. The largest absolute Gasteiger partial charge is 0.377 e. The van der Waals surface area contributed by atoms with E-state index in [9.17, 15) is 4.79 Å². The minimum atomic E-state index is -0.105. The van der Waals surface area contributed by atoms with Crippen molar-refractivity contribution in [1.82, 2.24) is 10.3 Å². The molecule has 0 unspecified atom stereocenters. The zero-order valence-corrected chi connectivity index (χ0v) is 8.95. The van der Waals surface area contributed by atoms with E-state index in [1.54, 1.807) is 18.5 Å². The molecule has 0 aliphatic carbocycles. The van der Waals surface area contributed by atoms with Gasteiger partial charge >= 0.3 is 0 Å². The van der Waals surface area contributed by atoms with Gasteiger partial charge in [-0.25, -0.2) is 0 Å². The summed E-state index contributed by atoms with van der Waals surface area (Å²) in [7, 11) is 0. The van der Waals surface area contributed by atoms with Crippen LogP contribution >= 0.6 is 15.9 Å². The Bertz CT molecular complexity index is 352. The SMILES string of the molecule is O=C(NC1COC1)c1cncc(Br)c1. The summed E-state index contributed by atoms with van der Waals surface area (Å²) in [5.41, 5.74) is 0.561. The highest BCUT2D eigenvalue weighted by atomic mass is 79.9. The molecule has 0 radical (unpaired) electrons. The number of ether oxygens (including phenoxy) is 1. The van der Waals surface area contributed by atoms with Gasteiger partial charge in [-0.05, 0) is 22.0 Å². The number of pyridine rings is 1. The summed E-state index contributed by atoms with van der Waals surface area (Å²) in [6.07, 6.45) is 3.18. The Morgan fingerprint density at radius 2 is 2.36 bits per heavy atom. The number of halogens is 1. The topological polar surface area (TPSA) is 51.2 Å². The molecule has 0 aromatic carbocycles. The van der Waals surface area contributed by atoms with Gasteiger partial charge in [-0.3, -0.25) is 9.78 Å². The molecular formula is C9H9BrN2O2. The van der Waals surface area contributed by atoms with Gasteiger partial charge in [0.15, 0.2) is 0 Å². The molecule has 0 spiro atoms. The van der Waals surface area contributed by atoms with Crippen molar-refractivity contribution in [2.75, 3.05) is 13.2 Å². The second-order valence-electron chi connectivity index (χ2n) is 3.10. The number of amides is 1. The predicted molar refractivity (Wildman–Crippen MR) is 54.0 cm³/mol. The van der Waals surface area contributed by atoms with Crippen molar-refractivity contribution in [2.24, 2.45) is 0 Å². The summed E-state index contributed by atoms with van der Waals surface area (Å²) >= 11 is 3.26. The van der Waals surface area contributed by atoms with E-state index >= 15 is 0 Å². The molecule has 0 saturated carbocycles. The van der Waals surface area contributed by atoms with E-state index in [4.69, 9.17) is 4.74 Å². The lowest BCUT2D eigenvalue weighted by atomic mass is 10.2. The van der Waals surface area contributed by atoms with E-state index in [-0.39, 0.29) is 11.9 Å². The van der Waals surface area contributed by atoms with Crippen LogP contribution < -0.4 is 5.32 Å². The highest BCUT2D eigenvalue weighted by Crippen LogP contribution is 2.10. The van der Waals surface area contributed by atoms with E-state index in [2.05, 4.69) is 26.2 Å². The third-order valence-corrected chi connectivity index (χ3v) is 2.37. The minimum absolute atomic E-state index is 0.105. The molecule has 14 heavy (non-hydrogen) atoms. The van der Waals surface area contributed by atoms with Crippen LogP contribution in [-0.2, 0) is 4.74 Å². The number of carbonyl (C=O) groups excluding carboxylic acids is 1. The summed E-state index contributed by atoms with van der Waals surface area (Å²) in [5, 5.41) is 2.84. The lowest BCUT2D eigenvalue weighted by molar-refractivity contribution is -0.00347. The first kappa shape index (κ1) is 9.61. The highest BCUT2D eigenvalue weighted by molar-refractivity contribution is 9.10. The quantitative estimate of drug-likeness (QED) is 0.858. The second kappa shape index (κ2) is 4.06. The summed E-state index contributed by atoms with van der Waals surface area (Å²) in [6, 6.07) is 1.89. The molecule has 5 heteroatoms. The van der Waals surface area contributed by atoms with Gasteiger partial charge < -0.3 is 10.1 Å². The van der Waals surface area contributed by atoms with Gasteiger partial charge in [-0.15, -0.1) is 0 Å². The zero-order valence-electron chi connectivity index (χ0n) is 7.37. The summed E-state index contributed by atoms with van der Waals surface area (Å²) < 4.78 is 5.76. The first-order valence-corrected chi connectivity index (χ1v) is 5.04. The van der Waals surface area contributed by atoms with Crippen LogP contribution in [0.4, 0.5) is 0 Å². The maximum absolute atomic E-state index is 11.6. The fraction of sp³-hybridized carbons (Fsp3) is 0.333. The minimum Gasteiger partial charge on any atom is -0.377 e. The van der Waals surface area contributed by atoms with E-state index in [1.165, 1.54) is 0 Å². The van der Waals surface area contributed by atoms with E-state index < -0.39 is 0 Å². The Kier molecular flexibility index (Phi) is 2.79. The first-order chi connectivity index (χ1) is 6.75. The van der Waals surface area contributed by atoms with Crippen molar-refractivity contribution >= 4 is 21.8 Å². The number of nitrogens with zero attached hydrogens (tertiary/aromatic N) is 1. The van der Waals surface area contributed by atoms with Crippen molar-refractivity contribution in [3.05, 3.63) is 28.5 Å². The lowest BCUT2D eigenvalue weighted by Gasteiger charge is -2.26. The molecule has 1 amide bonds. The molecule has 0 atom stereocenters. The molecule has 1 aliphatic rings. The van der Waals surface area contributed by atoms with Gasteiger partial charge in [0, 0.05) is 16.9 Å². The van der Waals surface area contributed by atoms with Crippen LogP contribution in [0.5, 0.6) is 0 Å². The number of carbonyl (C=O) groups is 1. The molecule has 4 nitrogen and oxygen atoms in total. The first-order valence-electron chi connectivity index (χ1n) is 4.25. The van der Waals surface area contributed by atoms with Crippen LogP contribution in [0.3, 0.4) is 0 Å². The highest BCUT2D eigenvalue weighted by Gasteiger charge is 2.20. The van der Waals surface area contributed by atoms with Gasteiger partial charge in [0.1, 0.15) is 0 Å². The van der Waals surface area contributed by atoms with Crippen LogP contribution in [0.1, 0.15) is 10.4 Å². The van der Waals surface area contributed by atoms with Gasteiger partial charge in [0.05, 0.1) is 24.8 Å². The molecule has 2 heterocycles. The monoisotopic (exact) mass is 256 g/mol. The van der Waals surface area contributed by atoms with Gasteiger partial charge in [0.2, 0.25) is 0 Å². The number of rotatable bonds is 2. The average molecular weight is 257 g/mol. The third-order valence-electron chi connectivity index (χ3n) is 1.94. The Hall–Kier alpha value is -0.940. The van der Waals surface area contributed by atoms with Crippen molar-refractivity contribution in [3.63, 3.8) is 0 Å². The molecule has 0 bridgehead atoms. The van der Waals surface area contributed by atoms with Gasteiger partial charge in [-0.1, -0.05) is 0 Å². The number of hydrogen-bond donors (Lipinski definition) is 1. The molecule has 1 fully saturated rings.